The molecule has 0 aliphatic carbocycles. The van der Waals surface area contributed by atoms with Crippen LogP contribution in [0.1, 0.15) is 11.3 Å². The second kappa shape index (κ2) is 10.3. The van der Waals surface area contributed by atoms with Crippen LogP contribution in [-0.2, 0) is 13.1 Å². The van der Waals surface area contributed by atoms with Gasteiger partial charge in [-0.25, -0.2) is 0 Å². The zero-order valence-electron chi connectivity index (χ0n) is 12.6. The Balaban J connectivity index is 0.00000288. The SMILES string of the molecule is CN=C(NCc1ccon1)NCc1cc(Cl)ccc1OC(F)F.I. The van der Waals surface area contributed by atoms with Gasteiger partial charge in [0.2, 0.25) is 0 Å². The predicted octanol–water partition coefficient (Wildman–Crippen LogP) is 3.41. The van der Waals surface area contributed by atoms with Crippen LogP contribution in [0.2, 0.25) is 5.02 Å². The van der Waals surface area contributed by atoms with Gasteiger partial charge in [0.15, 0.2) is 5.96 Å². The molecule has 0 fully saturated rings. The van der Waals surface area contributed by atoms with Crippen LogP contribution < -0.4 is 15.4 Å². The van der Waals surface area contributed by atoms with Gasteiger partial charge in [-0.2, -0.15) is 8.78 Å². The lowest BCUT2D eigenvalue weighted by atomic mass is 10.2. The fourth-order valence-electron chi connectivity index (χ4n) is 1.80. The molecule has 1 aromatic heterocycles. The average molecular weight is 473 g/mol. The van der Waals surface area contributed by atoms with Crippen LogP contribution in [0.3, 0.4) is 0 Å². The molecule has 0 bridgehead atoms. The number of hydrogen-bond donors (Lipinski definition) is 2. The van der Waals surface area contributed by atoms with Crippen LogP contribution in [0.25, 0.3) is 0 Å². The molecule has 1 aromatic carbocycles. The topological polar surface area (TPSA) is 71.7 Å². The zero-order chi connectivity index (χ0) is 16.7. The Hall–Kier alpha value is -1.62. The van der Waals surface area contributed by atoms with Gasteiger partial charge in [0, 0.05) is 30.2 Å². The number of aromatic nitrogens is 1. The molecule has 0 saturated carbocycles. The van der Waals surface area contributed by atoms with Gasteiger partial charge in [0.1, 0.15) is 17.7 Å². The van der Waals surface area contributed by atoms with Crippen LogP contribution in [0.15, 0.2) is 40.0 Å². The number of ether oxygens (including phenoxy) is 1. The summed E-state index contributed by atoms with van der Waals surface area (Å²) in [6.45, 7) is -2.28. The molecule has 132 valence electrons. The highest BCUT2D eigenvalue weighted by Gasteiger charge is 2.11. The van der Waals surface area contributed by atoms with Crippen LogP contribution >= 0.6 is 35.6 Å². The molecular formula is C14H16ClF2IN4O2. The van der Waals surface area contributed by atoms with E-state index in [4.69, 9.17) is 16.1 Å². The summed E-state index contributed by atoms with van der Waals surface area (Å²) in [5, 5.41) is 10.2. The lowest BCUT2D eigenvalue weighted by Crippen LogP contribution is -2.36. The van der Waals surface area contributed by atoms with Gasteiger partial charge < -0.3 is 19.9 Å². The van der Waals surface area contributed by atoms with Crippen LogP contribution in [0.4, 0.5) is 8.78 Å². The second-order valence-corrected chi connectivity index (χ2v) is 4.84. The molecule has 0 spiro atoms. The first-order valence-corrected chi connectivity index (χ1v) is 7.03. The fraction of sp³-hybridized carbons (Fsp3) is 0.286. The zero-order valence-corrected chi connectivity index (χ0v) is 15.7. The van der Waals surface area contributed by atoms with Crippen molar-refractivity contribution in [1.82, 2.24) is 15.8 Å². The number of hydrogen-bond acceptors (Lipinski definition) is 4. The molecule has 2 rings (SSSR count). The Bertz CT molecular complexity index is 656. The van der Waals surface area contributed by atoms with E-state index in [0.717, 1.165) is 0 Å². The summed E-state index contributed by atoms with van der Waals surface area (Å²) in [5.41, 5.74) is 1.19. The monoisotopic (exact) mass is 472 g/mol. The molecule has 0 saturated heterocycles. The molecule has 0 radical (unpaired) electrons. The number of halogens is 4. The Labute approximate surface area is 159 Å². The fourth-order valence-corrected chi connectivity index (χ4v) is 1.99. The van der Waals surface area contributed by atoms with Crippen molar-refractivity contribution >= 4 is 41.5 Å². The van der Waals surface area contributed by atoms with Gasteiger partial charge in [-0.3, -0.25) is 4.99 Å². The Morgan fingerprint density at radius 3 is 2.71 bits per heavy atom. The molecule has 0 aliphatic rings. The minimum atomic E-state index is -2.90. The third-order valence-corrected chi connectivity index (χ3v) is 3.07. The molecule has 0 atom stereocenters. The molecule has 1 heterocycles. The smallest absolute Gasteiger partial charge is 0.387 e. The van der Waals surface area contributed by atoms with Crippen molar-refractivity contribution in [1.29, 1.82) is 0 Å². The first-order chi connectivity index (χ1) is 11.1. The minimum absolute atomic E-state index is 0. The summed E-state index contributed by atoms with van der Waals surface area (Å²) in [6.07, 6.45) is 1.47. The molecule has 0 unspecified atom stereocenters. The van der Waals surface area contributed by atoms with E-state index in [2.05, 4.69) is 25.5 Å². The number of aliphatic imine (C=N–C) groups is 1. The lowest BCUT2D eigenvalue weighted by Gasteiger charge is -2.14. The molecule has 2 aromatic rings. The summed E-state index contributed by atoms with van der Waals surface area (Å²) in [6, 6.07) is 6.15. The highest BCUT2D eigenvalue weighted by atomic mass is 127. The molecule has 0 aliphatic heterocycles. The van der Waals surface area contributed by atoms with E-state index in [0.29, 0.717) is 28.8 Å². The summed E-state index contributed by atoms with van der Waals surface area (Å²) < 4.78 is 34.0. The largest absolute Gasteiger partial charge is 0.434 e. The van der Waals surface area contributed by atoms with E-state index in [1.165, 1.54) is 18.4 Å². The highest BCUT2D eigenvalue weighted by Crippen LogP contribution is 2.24. The summed E-state index contributed by atoms with van der Waals surface area (Å²) in [5.74, 6) is 0.528. The Morgan fingerprint density at radius 1 is 1.33 bits per heavy atom. The van der Waals surface area contributed by atoms with Crippen molar-refractivity contribution in [3.05, 3.63) is 46.8 Å². The van der Waals surface area contributed by atoms with Crippen molar-refractivity contribution < 1.29 is 18.0 Å². The quantitative estimate of drug-likeness (QED) is 0.383. The maximum absolute atomic E-state index is 12.4. The third-order valence-electron chi connectivity index (χ3n) is 2.84. The van der Waals surface area contributed by atoms with E-state index < -0.39 is 6.61 Å². The third kappa shape index (κ3) is 6.48. The number of alkyl halides is 2. The number of rotatable bonds is 6. The molecule has 2 N–H and O–H groups in total. The van der Waals surface area contributed by atoms with Gasteiger partial charge in [-0.15, -0.1) is 24.0 Å². The van der Waals surface area contributed by atoms with Crippen molar-refractivity contribution in [2.75, 3.05) is 7.05 Å². The van der Waals surface area contributed by atoms with Crippen LogP contribution in [0, 0.1) is 0 Å². The van der Waals surface area contributed by atoms with Gasteiger partial charge in [0.25, 0.3) is 0 Å². The van der Waals surface area contributed by atoms with Gasteiger partial charge in [-0.1, -0.05) is 16.8 Å². The summed E-state index contributed by atoms with van der Waals surface area (Å²) in [4.78, 5) is 4.03. The Kier molecular flexibility index (Phi) is 8.76. The summed E-state index contributed by atoms with van der Waals surface area (Å²) in [7, 11) is 1.59. The van der Waals surface area contributed by atoms with Crippen molar-refractivity contribution in [3.63, 3.8) is 0 Å². The van der Waals surface area contributed by atoms with Crippen molar-refractivity contribution in [2.24, 2.45) is 4.99 Å². The normalized spacial score (nSPS) is 11.1. The molecule has 6 nitrogen and oxygen atoms in total. The Morgan fingerprint density at radius 2 is 2.08 bits per heavy atom. The van der Waals surface area contributed by atoms with Gasteiger partial charge >= 0.3 is 6.61 Å². The van der Waals surface area contributed by atoms with Crippen molar-refractivity contribution in [2.45, 2.75) is 19.7 Å². The molecule has 24 heavy (non-hydrogen) atoms. The standard InChI is InChI=1S/C14H15ClF2N4O2.HI/c1-18-14(20-8-11-4-5-22-21-11)19-7-9-6-10(15)2-3-12(9)23-13(16)17;/h2-6,13H,7-8H2,1H3,(H2,18,19,20);1H. The van der Waals surface area contributed by atoms with E-state index in [9.17, 15) is 8.78 Å². The maximum atomic E-state index is 12.4. The van der Waals surface area contributed by atoms with Gasteiger partial charge in [-0.05, 0) is 18.2 Å². The molecule has 0 amide bonds. The number of benzene rings is 1. The second-order valence-electron chi connectivity index (χ2n) is 4.40. The van der Waals surface area contributed by atoms with Crippen LogP contribution in [0.5, 0.6) is 5.75 Å². The first kappa shape index (κ1) is 20.4. The van der Waals surface area contributed by atoms with E-state index in [1.54, 1.807) is 19.2 Å². The number of guanidine groups is 1. The average Bonchev–Trinajstić information content (AvgIpc) is 3.03. The molecular weight excluding hydrogens is 457 g/mol. The molecule has 10 heteroatoms. The van der Waals surface area contributed by atoms with E-state index in [1.807, 2.05) is 0 Å². The summed E-state index contributed by atoms with van der Waals surface area (Å²) >= 11 is 5.90. The lowest BCUT2D eigenvalue weighted by molar-refractivity contribution is -0.0504. The van der Waals surface area contributed by atoms with Crippen LogP contribution in [-0.4, -0.2) is 24.8 Å². The van der Waals surface area contributed by atoms with E-state index >= 15 is 0 Å². The first-order valence-electron chi connectivity index (χ1n) is 6.65. The van der Waals surface area contributed by atoms with Crippen molar-refractivity contribution in [3.8, 4) is 5.75 Å². The maximum Gasteiger partial charge on any atom is 0.387 e. The van der Waals surface area contributed by atoms with Gasteiger partial charge in [0.05, 0.1) is 6.54 Å². The number of nitrogens with one attached hydrogen (secondary N) is 2. The minimum Gasteiger partial charge on any atom is -0.434 e. The predicted molar refractivity (Wildman–Crippen MR) is 97.0 cm³/mol. The number of nitrogens with zero attached hydrogens (tertiary/aromatic N) is 2. The van der Waals surface area contributed by atoms with E-state index in [-0.39, 0.29) is 36.3 Å². The highest BCUT2D eigenvalue weighted by molar-refractivity contribution is 14.0.